The van der Waals surface area contributed by atoms with Crippen molar-refractivity contribution in [2.75, 3.05) is 26.7 Å². The second kappa shape index (κ2) is 4.78. The van der Waals surface area contributed by atoms with Crippen molar-refractivity contribution in [2.45, 2.75) is 38.3 Å². The van der Waals surface area contributed by atoms with Crippen molar-refractivity contribution in [2.24, 2.45) is 0 Å². The standard InChI is InChI=1S/C13H21N3O/c1-15-6-7-17-11(8-15)9-16-10-14-12-4-2-3-5-13(12)16/h10-11H,2-9H2,1H3. The van der Waals surface area contributed by atoms with Gasteiger partial charge < -0.3 is 14.2 Å². The molecular formula is C13H21N3O. The SMILES string of the molecule is CN1CCOC(Cn2cnc3c2CCCC3)C1. The van der Waals surface area contributed by atoms with Crippen LogP contribution in [0.1, 0.15) is 24.2 Å². The van der Waals surface area contributed by atoms with Gasteiger partial charge in [-0.3, -0.25) is 0 Å². The fraction of sp³-hybridized carbons (Fsp3) is 0.769. The van der Waals surface area contributed by atoms with E-state index in [-0.39, 0.29) is 0 Å². The first-order valence-corrected chi connectivity index (χ1v) is 6.66. The summed E-state index contributed by atoms with van der Waals surface area (Å²) in [5, 5.41) is 0. The molecule has 94 valence electrons. The maximum absolute atomic E-state index is 5.82. The van der Waals surface area contributed by atoms with Gasteiger partial charge >= 0.3 is 0 Å². The summed E-state index contributed by atoms with van der Waals surface area (Å²) >= 11 is 0. The van der Waals surface area contributed by atoms with Crippen LogP contribution in [0.4, 0.5) is 0 Å². The van der Waals surface area contributed by atoms with E-state index in [2.05, 4.69) is 21.5 Å². The summed E-state index contributed by atoms with van der Waals surface area (Å²) in [5.41, 5.74) is 2.77. The molecule has 0 aromatic carbocycles. The summed E-state index contributed by atoms with van der Waals surface area (Å²) in [5.74, 6) is 0. The van der Waals surface area contributed by atoms with Crippen LogP contribution in [0.2, 0.25) is 0 Å². The van der Waals surface area contributed by atoms with Crippen molar-refractivity contribution in [3.05, 3.63) is 17.7 Å². The molecule has 3 rings (SSSR count). The highest BCUT2D eigenvalue weighted by Crippen LogP contribution is 2.20. The fourth-order valence-electron chi connectivity index (χ4n) is 2.88. The van der Waals surface area contributed by atoms with Crippen molar-refractivity contribution >= 4 is 0 Å². The van der Waals surface area contributed by atoms with Crippen molar-refractivity contribution in [1.29, 1.82) is 0 Å². The van der Waals surface area contributed by atoms with Crippen molar-refractivity contribution in [3.63, 3.8) is 0 Å². The Balaban J connectivity index is 1.70. The molecule has 0 spiro atoms. The molecule has 1 aromatic heterocycles. The van der Waals surface area contributed by atoms with Gasteiger partial charge in [0.25, 0.3) is 0 Å². The Labute approximate surface area is 103 Å². The monoisotopic (exact) mass is 235 g/mol. The van der Waals surface area contributed by atoms with E-state index >= 15 is 0 Å². The zero-order valence-electron chi connectivity index (χ0n) is 10.6. The van der Waals surface area contributed by atoms with Gasteiger partial charge in [0.2, 0.25) is 0 Å². The molecule has 0 bridgehead atoms. The lowest BCUT2D eigenvalue weighted by molar-refractivity contribution is -0.0278. The average Bonchev–Trinajstić information content (AvgIpc) is 2.73. The minimum Gasteiger partial charge on any atom is -0.374 e. The Morgan fingerprint density at radius 2 is 2.29 bits per heavy atom. The van der Waals surface area contributed by atoms with E-state index in [1.807, 2.05) is 6.33 Å². The van der Waals surface area contributed by atoms with Crippen molar-refractivity contribution < 1.29 is 4.74 Å². The van der Waals surface area contributed by atoms with Gasteiger partial charge in [0, 0.05) is 18.8 Å². The van der Waals surface area contributed by atoms with E-state index in [0.29, 0.717) is 6.10 Å². The van der Waals surface area contributed by atoms with Crippen LogP contribution in [0, 0.1) is 0 Å². The summed E-state index contributed by atoms with van der Waals surface area (Å²) in [6, 6.07) is 0. The molecule has 1 saturated heterocycles. The Kier molecular flexibility index (Phi) is 3.16. The summed E-state index contributed by atoms with van der Waals surface area (Å²) in [6.45, 7) is 3.91. The molecule has 1 atom stereocenters. The molecule has 0 amide bonds. The molecule has 17 heavy (non-hydrogen) atoms. The van der Waals surface area contributed by atoms with Crippen LogP contribution in [0.3, 0.4) is 0 Å². The Morgan fingerprint density at radius 3 is 3.18 bits per heavy atom. The predicted molar refractivity (Wildman–Crippen MR) is 66.1 cm³/mol. The van der Waals surface area contributed by atoms with Crippen molar-refractivity contribution in [1.82, 2.24) is 14.5 Å². The number of aromatic nitrogens is 2. The second-order valence-corrected chi connectivity index (χ2v) is 5.25. The summed E-state index contributed by atoms with van der Waals surface area (Å²) < 4.78 is 8.14. The van der Waals surface area contributed by atoms with E-state index in [0.717, 1.165) is 32.7 Å². The zero-order chi connectivity index (χ0) is 11.7. The van der Waals surface area contributed by atoms with Crippen LogP contribution in [0.15, 0.2) is 6.33 Å². The number of hydrogen-bond acceptors (Lipinski definition) is 3. The summed E-state index contributed by atoms with van der Waals surface area (Å²) in [7, 11) is 2.17. The van der Waals surface area contributed by atoms with Crippen molar-refractivity contribution in [3.8, 4) is 0 Å². The third kappa shape index (κ3) is 2.38. The third-order valence-corrected chi connectivity index (χ3v) is 3.85. The molecule has 2 heterocycles. The average molecular weight is 235 g/mol. The molecule has 4 heteroatoms. The van der Waals surface area contributed by atoms with Crippen LogP contribution in [-0.4, -0.2) is 47.3 Å². The maximum atomic E-state index is 5.82. The Hall–Kier alpha value is -0.870. The topological polar surface area (TPSA) is 30.3 Å². The highest BCUT2D eigenvalue weighted by molar-refractivity contribution is 5.16. The second-order valence-electron chi connectivity index (χ2n) is 5.25. The number of morpholine rings is 1. The molecule has 1 unspecified atom stereocenters. The first-order valence-electron chi connectivity index (χ1n) is 6.66. The predicted octanol–water partition coefficient (Wildman–Crippen LogP) is 1.09. The molecule has 1 aliphatic heterocycles. The first-order chi connectivity index (χ1) is 8.33. The Morgan fingerprint density at radius 1 is 1.41 bits per heavy atom. The summed E-state index contributed by atoms with van der Waals surface area (Å²) in [4.78, 5) is 6.88. The van der Waals surface area contributed by atoms with Gasteiger partial charge in [0.1, 0.15) is 0 Å². The molecule has 0 radical (unpaired) electrons. The first kappa shape index (κ1) is 11.2. The minimum absolute atomic E-state index is 0.328. The lowest BCUT2D eigenvalue weighted by Gasteiger charge is -2.30. The van der Waals surface area contributed by atoms with Crippen LogP contribution >= 0.6 is 0 Å². The fourth-order valence-corrected chi connectivity index (χ4v) is 2.88. The number of ether oxygens (including phenoxy) is 1. The lowest BCUT2D eigenvalue weighted by atomic mass is 10.0. The van der Waals surface area contributed by atoms with E-state index in [1.165, 1.54) is 30.7 Å². The highest BCUT2D eigenvalue weighted by Gasteiger charge is 2.21. The van der Waals surface area contributed by atoms with Crippen LogP contribution in [0.5, 0.6) is 0 Å². The van der Waals surface area contributed by atoms with Gasteiger partial charge in [-0.2, -0.15) is 0 Å². The molecule has 0 N–H and O–H groups in total. The zero-order valence-corrected chi connectivity index (χ0v) is 10.6. The smallest absolute Gasteiger partial charge is 0.0952 e. The van der Waals surface area contributed by atoms with E-state index in [4.69, 9.17) is 4.74 Å². The van der Waals surface area contributed by atoms with Gasteiger partial charge in [-0.1, -0.05) is 0 Å². The number of nitrogens with zero attached hydrogens (tertiary/aromatic N) is 3. The van der Waals surface area contributed by atoms with Gasteiger partial charge in [-0.25, -0.2) is 4.98 Å². The van der Waals surface area contributed by atoms with Gasteiger partial charge in [-0.05, 0) is 32.7 Å². The molecular weight excluding hydrogens is 214 g/mol. The number of aryl methyl sites for hydroxylation is 1. The largest absolute Gasteiger partial charge is 0.374 e. The number of rotatable bonds is 2. The molecule has 4 nitrogen and oxygen atoms in total. The maximum Gasteiger partial charge on any atom is 0.0952 e. The number of hydrogen-bond donors (Lipinski definition) is 0. The number of imidazole rings is 1. The van der Waals surface area contributed by atoms with E-state index < -0.39 is 0 Å². The van der Waals surface area contributed by atoms with Gasteiger partial charge in [0.15, 0.2) is 0 Å². The molecule has 2 aliphatic rings. The molecule has 1 aromatic rings. The summed E-state index contributed by atoms with van der Waals surface area (Å²) in [6.07, 6.45) is 7.30. The Bertz CT molecular complexity index is 388. The van der Waals surface area contributed by atoms with Crippen LogP contribution in [-0.2, 0) is 24.1 Å². The lowest BCUT2D eigenvalue weighted by Crippen LogP contribution is -2.42. The highest BCUT2D eigenvalue weighted by atomic mass is 16.5. The molecule has 1 fully saturated rings. The molecule has 0 saturated carbocycles. The van der Waals surface area contributed by atoms with E-state index in [9.17, 15) is 0 Å². The number of likely N-dealkylation sites (N-methyl/N-ethyl adjacent to an activating group) is 1. The molecule has 1 aliphatic carbocycles. The van der Waals surface area contributed by atoms with E-state index in [1.54, 1.807) is 0 Å². The van der Waals surface area contributed by atoms with Gasteiger partial charge in [-0.15, -0.1) is 0 Å². The quantitative estimate of drug-likeness (QED) is 0.769. The number of fused-ring (bicyclic) bond motifs is 1. The van der Waals surface area contributed by atoms with Gasteiger partial charge in [0.05, 0.1) is 31.3 Å². The van der Waals surface area contributed by atoms with Crippen LogP contribution < -0.4 is 0 Å². The normalized spacial score (nSPS) is 25.8. The van der Waals surface area contributed by atoms with Crippen LogP contribution in [0.25, 0.3) is 0 Å². The third-order valence-electron chi connectivity index (χ3n) is 3.85. The minimum atomic E-state index is 0.328.